The molecule has 112 valence electrons. The molecule has 0 fully saturated rings. The van der Waals surface area contributed by atoms with Crippen LogP contribution in [-0.4, -0.2) is 11.9 Å². The zero-order chi connectivity index (χ0) is 16.0. The first kappa shape index (κ1) is 17.0. The average molecular weight is 294 g/mol. The molecule has 0 aromatic heterocycles. The second-order valence-corrected chi connectivity index (χ2v) is 4.67. The SMILES string of the molecule is C/C=C(\N=C(c1ccc(C#N)cc1)C(C)CC)C(F)(F)F. The maximum atomic E-state index is 12.9. The van der Waals surface area contributed by atoms with Gasteiger partial charge in [-0.1, -0.05) is 32.1 Å². The third-order valence-corrected chi connectivity index (χ3v) is 3.19. The number of nitrogens with zero attached hydrogens (tertiary/aromatic N) is 2. The Balaban J connectivity index is 3.32. The molecule has 0 aliphatic carbocycles. The highest BCUT2D eigenvalue weighted by atomic mass is 19.4. The summed E-state index contributed by atoms with van der Waals surface area (Å²) in [5.74, 6) is -0.116. The molecule has 2 nitrogen and oxygen atoms in total. The van der Waals surface area contributed by atoms with Gasteiger partial charge < -0.3 is 0 Å². The van der Waals surface area contributed by atoms with E-state index in [0.717, 1.165) is 6.08 Å². The van der Waals surface area contributed by atoms with Crippen molar-refractivity contribution in [3.8, 4) is 6.07 Å². The Kier molecular flexibility index (Phi) is 5.71. The monoisotopic (exact) mass is 294 g/mol. The molecule has 21 heavy (non-hydrogen) atoms. The van der Waals surface area contributed by atoms with Gasteiger partial charge in [0.25, 0.3) is 0 Å². The lowest BCUT2D eigenvalue weighted by molar-refractivity contribution is -0.0924. The summed E-state index contributed by atoms with van der Waals surface area (Å²) in [6, 6.07) is 8.40. The van der Waals surface area contributed by atoms with Gasteiger partial charge >= 0.3 is 6.18 Å². The Labute approximate surface area is 122 Å². The summed E-state index contributed by atoms with van der Waals surface area (Å²) in [6.07, 6.45) is -2.83. The van der Waals surface area contributed by atoms with Crippen LogP contribution in [0.1, 0.15) is 38.3 Å². The lowest BCUT2D eigenvalue weighted by Gasteiger charge is -2.16. The number of aliphatic imine (C=N–C) groups is 1. The number of alkyl halides is 3. The van der Waals surface area contributed by atoms with E-state index in [1.54, 1.807) is 24.3 Å². The van der Waals surface area contributed by atoms with Gasteiger partial charge in [0.05, 0.1) is 17.3 Å². The van der Waals surface area contributed by atoms with Crippen molar-refractivity contribution in [1.29, 1.82) is 5.26 Å². The van der Waals surface area contributed by atoms with Crippen LogP contribution in [0, 0.1) is 17.2 Å². The fourth-order valence-corrected chi connectivity index (χ4v) is 1.79. The van der Waals surface area contributed by atoms with E-state index < -0.39 is 11.9 Å². The number of hydrogen-bond donors (Lipinski definition) is 0. The highest BCUT2D eigenvalue weighted by Gasteiger charge is 2.33. The van der Waals surface area contributed by atoms with Crippen LogP contribution in [0.2, 0.25) is 0 Å². The molecule has 0 aliphatic rings. The quantitative estimate of drug-likeness (QED) is 0.730. The van der Waals surface area contributed by atoms with Crippen LogP contribution in [0.3, 0.4) is 0 Å². The second-order valence-electron chi connectivity index (χ2n) is 4.67. The molecule has 0 aliphatic heterocycles. The minimum Gasteiger partial charge on any atom is -0.248 e. The lowest BCUT2D eigenvalue weighted by Crippen LogP contribution is -2.17. The van der Waals surface area contributed by atoms with Crippen molar-refractivity contribution in [2.75, 3.05) is 0 Å². The van der Waals surface area contributed by atoms with Gasteiger partial charge in [0.15, 0.2) is 0 Å². The van der Waals surface area contributed by atoms with E-state index in [2.05, 4.69) is 4.99 Å². The normalized spacial score (nSPS) is 14.7. The number of benzene rings is 1. The van der Waals surface area contributed by atoms with E-state index in [4.69, 9.17) is 5.26 Å². The Bertz CT molecular complexity index is 575. The lowest BCUT2D eigenvalue weighted by atomic mass is 9.95. The van der Waals surface area contributed by atoms with Crippen molar-refractivity contribution in [2.24, 2.45) is 10.9 Å². The van der Waals surface area contributed by atoms with E-state index in [1.165, 1.54) is 6.92 Å². The molecule has 0 amide bonds. The van der Waals surface area contributed by atoms with Gasteiger partial charge in [0, 0.05) is 0 Å². The third kappa shape index (κ3) is 4.45. The van der Waals surface area contributed by atoms with Gasteiger partial charge in [0.2, 0.25) is 0 Å². The van der Waals surface area contributed by atoms with Crippen molar-refractivity contribution < 1.29 is 13.2 Å². The average Bonchev–Trinajstić information content (AvgIpc) is 2.46. The molecular weight excluding hydrogens is 277 g/mol. The third-order valence-electron chi connectivity index (χ3n) is 3.19. The molecule has 0 radical (unpaired) electrons. The van der Waals surface area contributed by atoms with Crippen LogP contribution in [0.25, 0.3) is 0 Å². The summed E-state index contributed by atoms with van der Waals surface area (Å²) in [5.41, 5.74) is 0.547. The van der Waals surface area contributed by atoms with Gasteiger partial charge in [-0.2, -0.15) is 18.4 Å². The van der Waals surface area contributed by atoms with Crippen LogP contribution < -0.4 is 0 Å². The fraction of sp³-hybridized carbons (Fsp3) is 0.375. The molecule has 5 heteroatoms. The summed E-state index contributed by atoms with van der Waals surface area (Å²) in [5, 5.41) is 8.77. The summed E-state index contributed by atoms with van der Waals surface area (Å²) in [6.45, 7) is 5.05. The predicted octanol–water partition coefficient (Wildman–Crippen LogP) is 4.86. The van der Waals surface area contributed by atoms with Gasteiger partial charge in [-0.25, -0.2) is 4.99 Å². The number of hydrogen-bond acceptors (Lipinski definition) is 2. The number of allylic oxidation sites excluding steroid dienone is 2. The highest BCUT2D eigenvalue weighted by molar-refractivity contribution is 6.02. The first-order chi connectivity index (χ1) is 9.83. The van der Waals surface area contributed by atoms with Gasteiger partial charge in [-0.05, 0) is 37.0 Å². The molecule has 0 saturated carbocycles. The van der Waals surface area contributed by atoms with E-state index >= 15 is 0 Å². The van der Waals surface area contributed by atoms with E-state index in [-0.39, 0.29) is 5.92 Å². The Morgan fingerprint density at radius 1 is 1.33 bits per heavy atom. The maximum Gasteiger partial charge on any atom is 0.433 e. The molecule has 1 atom stereocenters. The Morgan fingerprint density at radius 2 is 1.90 bits per heavy atom. The fourth-order valence-electron chi connectivity index (χ4n) is 1.79. The smallest absolute Gasteiger partial charge is 0.248 e. The summed E-state index contributed by atoms with van der Waals surface area (Å²) < 4.78 is 38.6. The molecule has 1 aromatic rings. The molecule has 1 unspecified atom stereocenters. The number of halogens is 3. The predicted molar refractivity (Wildman–Crippen MR) is 77.0 cm³/mol. The zero-order valence-corrected chi connectivity index (χ0v) is 12.2. The van der Waals surface area contributed by atoms with Crippen LogP contribution in [0.15, 0.2) is 41.0 Å². The number of rotatable bonds is 4. The molecule has 0 N–H and O–H groups in total. The topological polar surface area (TPSA) is 36.1 Å². The summed E-state index contributed by atoms with van der Waals surface area (Å²) >= 11 is 0. The summed E-state index contributed by atoms with van der Waals surface area (Å²) in [7, 11) is 0. The Hall–Kier alpha value is -2.09. The minimum absolute atomic E-state index is 0.116. The first-order valence-electron chi connectivity index (χ1n) is 6.66. The molecule has 0 saturated heterocycles. The van der Waals surface area contributed by atoms with Crippen LogP contribution in [-0.2, 0) is 0 Å². The first-order valence-corrected chi connectivity index (χ1v) is 6.66. The van der Waals surface area contributed by atoms with Crippen LogP contribution >= 0.6 is 0 Å². The van der Waals surface area contributed by atoms with Crippen LogP contribution in [0.5, 0.6) is 0 Å². The minimum atomic E-state index is -4.47. The Morgan fingerprint density at radius 3 is 2.29 bits per heavy atom. The van der Waals surface area contributed by atoms with Crippen molar-refractivity contribution in [1.82, 2.24) is 0 Å². The van der Waals surface area contributed by atoms with Crippen molar-refractivity contribution >= 4 is 5.71 Å². The van der Waals surface area contributed by atoms with Gasteiger partial charge in [-0.3, -0.25) is 0 Å². The van der Waals surface area contributed by atoms with E-state index in [9.17, 15) is 13.2 Å². The molecular formula is C16H17F3N2. The number of nitriles is 1. The molecule has 0 spiro atoms. The van der Waals surface area contributed by atoms with E-state index in [0.29, 0.717) is 23.3 Å². The standard InChI is InChI=1S/C16H17F3N2/c1-4-11(3)15(21-14(5-2)16(17,18)19)13-8-6-12(10-20)7-9-13/h5-9,11H,4H2,1-3H3/b14-5-,21-15?. The summed E-state index contributed by atoms with van der Waals surface area (Å²) in [4.78, 5) is 3.83. The van der Waals surface area contributed by atoms with Gasteiger partial charge in [0.1, 0.15) is 5.70 Å². The maximum absolute atomic E-state index is 12.9. The van der Waals surface area contributed by atoms with Crippen LogP contribution in [0.4, 0.5) is 13.2 Å². The highest BCUT2D eigenvalue weighted by Crippen LogP contribution is 2.28. The molecule has 1 aromatic carbocycles. The van der Waals surface area contributed by atoms with Gasteiger partial charge in [-0.15, -0.1) is 0 Å². The van der Waals surface area contributed by atoms with Crippen molar-refractivity contribution in [3.63, 3.8) is 0 Å². The molecule has 0 heterocycles. The van der Waals surface area contributed by atoms with E-state index in [1.807, 2.05) is 19.9 Å². The van der Waals surface area contributed by atoms with Crippen molar-refractivity contribution in [3.05, 3.63) is 47.2 Å². The largest absolute Gasteiger partial charge is 0.433 e. The molecule has 0 bridgehead atoms. The van der Waals surface area contributed by atoms with Crippen molar-refractivity contribution in [2.45, 2.75) is 33.4 Å². The molecule has 1 rings (SSSR count). The zero-order valence-electron chi connectivity index (χ0n) is 12.2. The second kappa shape index (κ2) is 7.07.